The number of urea groups is 1. The molecule has 10 nitrogen and oxygen atoms in total. The van der Waals surface area contributed by atoms with Gasteiger partial charge in [0.15, 0.2) is 0 Å². The van der Waals surface area contributed by atoms with Crippen LogP contribution in [-0.2, 0) is 30.2 Å². The van der Waals surface area contributed by atoms with E-state index in [1.807, 2.05) is 25.1 Å². The lowest BCUT2D eigenvalue weighted by Gasteiger charge is -2.31. The molecule has 0 spiro atoms. The maximum atomic E-state index is 13.3. The molecule has 1 fully saturated rings. The first kappa shape index (κ1) is 29.1. The number of benzene rings is 1. The summed E-state index contributed by atoms with van der Waals surface area (Å²) in [5, 5.41) is 9.99. The number of nitrogens with one attached hydrogen (secondary N) is 4. The van der Waals surface area contributed by atoms with E-state index in [0.29, 0.717) is 52.4 Å². The Kier molecular flexibility index (Phi) is 11.8. The van der Waals surface area contributed by atoms with E-state index >= 15 is 0 Å². The molecule has 4 N–H and O–H groups in total. The summed E-state index contributed by atoms with van der Waals surface area (Å²) in [5.74, 6) is 2.16. The van der Waals surface area contributed by atoms with Gasteiger partial charge in [-0.1, -0.05) is 18.1 Å². The second kappa shape index (κ2) is 15.1. The number of anilines is 1. The molecule has 4 atom stereocenters. The van der Waals surface area contributed by atoms with Crippen LogP contribution in [0.4, 0.5) is 10.5 Å². The van der Waals surface area contributed by atoms with Crippen LogP contribution in [0, 0.1) is 12.3 Å². The van der Waals surface area contributed by atoms with Gasteiger partial charge in [-0.15, -0.1) is 29.8 Å². The number of hydrogen-bond acceptors (Lipinski definition) is 7. The van der Waals surface area contributed by atoms with Crippen molar-refractivity contribution in [3.63, 3.8) is 0 Å². The van der Waals surface area contributed by atoms with Gasteiger partial charge in [0.05, 0.1) is 54.9 Å². The average molecular weight is 553 g/mol. The number of carbonyl (C=O) groups excluding carboxylic acids is 3. The van der Waals surface area contributed by atoms with E-state index < -0.39 is 10.6 Å². The zero-order valence-corrected chi connectivity index (χ0v) is 22.3. The number of ether oxygens (including phenoxy) is 3. The smallest absolute Gasteiger partial charge is 0.315 e. The van der Waals surface area contributed by atoms with E-state index in [9.17, 15) is 14.4 Å². The van der Waals surface area contributed by atoms with Crippen molar-refractivity contribution in [3.05, 3.63) is 29.3 Å². The third kappa shape index (κ3) is 9.39. The Morgan fingerprint density at radius 2 is 1.95 bits per heavy atom. The second-order valence-corrected chi connectivity index (χ2v) is 10.5. The summed E-state index contributed by atoms with van der Waals surface area (Å²) in [7, 11) is 0. The molecule has 0 aliphatic carbocycles. The minimum Gasteiger partial charge on any atom is -0.379 e. The molecular formula is C25H33ClN4O6S. The van der Waals surface area contributed by atoms with Gasteiger partial charge in [-0.25, -0.2) is 4.79 Å². The topological polar surface area (TPSA) is 127 Å². The normalized spacial score (nSPS) is 20.1. The zero-order valence-electron chi connectivity index (χ0n) is 20.7. The Balaban J connectivity index is 1.51. The van der Waals surface area contributed by atoms with E-state index in [1.165, 1.54) is 11.8 Å². The molecule has 0 aromatic heterocycles. The number of terminal acetylenes is 1. The highest BCUT2D eigenvalue weighted by Gasteiger charge is 2.32. The van der Waals surface area contributed by atoms with Gasteiger partial charge in [0.25, 0.3) is 0 Å². The van der Waals surface area contributed by atoms with Crippen LogP contribution < -0.4 is 21.3 Å². The van der Waals surface area contributed by atoms with Gasteiger partial charge in [0.2, 0.25) is 11.8 Å². The predicted octanol–water partition coefficient (Wildman–Crippen LogP) is 1.78. The van der Waals surface area contributed by atoms with Gasteiger partial charge < -0.3 is 35.5 Å². The van der Waals surface area contributed by atoms with Gasteiger partial charge in [-0.3, -0.25) is 9.59 Å². The highest BCUT2D eigenvalue weighted by molar-refractivity contribution is 8.01. The lowest BCUT2D eigenvalue weighted by Crippen LogP contribution is -2.55. The standard InChI is InChI=1S/C25H33ClN4O6S/c1-3-7-34-9-11-36-12-10-35-8-6-21(37-24-19(26)15-27-25(33)30-24)23(32)28-16(2)17-4-5-20-18(13-17)14-22(31)29-20/h1,4-5,13,16,19,21,24H,6-12,14-15H2,2H3,(H,28,32)(H,29,31)(H2,27,30,33)/t16-,19?,21+,24?/m1/s1. The van der Waals surface area contributed by atoms with E-state index in [1.54, 1.807) is 0 Å². The summed E-state index contributed by atoms with van der Waals surface area (Å²) in [6.07, 6.45) is 5.86. The molecule has 12 heteroatoms. The number of hydrogen-bond donors (Lipinski definition) is 4. The molecule has 2 unspecified atom stereocenters. The molecular weight excluding hydrogens is 520 g/mol. The van der Waals surface area contributed by atoms with Crippen molar-refractivity contribution < 1.29 is 28.6 Å². The van der Waals surface area contributed by atoms with Gasteiger partial charge in [-0.05, 0) is 30.5 Å². The van der Waals surface area contributed by atoms with Crippen LogP contribution in [0.2, 0.25) is 0 Å². The Hall–Kier alpha value is -2.49. The molecule has 1 aromatic rings. The fraction of sp³-hybridized carbons (Fsp3) is 0.560. The molecule has 202 valence electrons. The molecule has 0 bridgehead atoms. The number of amides is 4. The first-order valence-electron chi connectivity index (χ1n) is 12.1. The van der Waals surface area contributed by atoms with Crippen LogP contribution >= 0.6 is 23.4 Å². The van der Waals surface area contributed by atoms with Crippen LogP contribution in [0.3, 0.4) is 0 Å². The van der Waals surface area contributed by atoms with Crippen molar-refractivity contribution in [2.45, 2.75) is 41.8 Å². The Labute approximate surface area is 226 Å². The Bertz CT molecular complexity index is 990. The molecule has 1 saturated heterocycles. The van der Waals surface area contributed by atoms with Crippen molar-refractivity contribution in [2.75, 3.05) is 51.5 Å². The Morgan fingerprint density at radius 3 is 2.70 bits per heavy atom. The molecule has 2 aliphatic rings. The summed E-state index contributed by atoms with van der Waals surface area (Å²) < 4.78 is 16.2. The number of carbonyl (C=O) groups is 3. The van der Waals surface area contributed by atoms with Gasteiger partial charge in [0, 0.05) is 18.8 Å². The molecule has 3 rings (SSSR count). The van der Waals surface area contributed by atoms with Crippen molar-refractivity contribution in [2.24, 2.45) is 0 Å². The highest BCUT2D eigenvalue weighted by atomic mass is 35.5. The maximum Gasteiger partial charge on any atom is 0.315 e. The summed E-state index contributed by atoms with van der Waals surface area (Å²) in [6.45, 7) is 4.39. The van der Waals surface area contributed by atoms with Crippen LogP contribution in [-0.4, -0.2) is 80.0 Å². The number of alkyl halides is 1. The third-order valence-electron chi connectivity index (χ3n) is 5.73. The zero-order chi connectivity index (χ0) is 26.6. The fourth-order valence-electron chi connectivity index (χ4n) is 3.79. The number of rotatable bonds is 15. The molecule has 0 radical (unpaired) electrons. The van der Waals surface area contributed by atoms with Crippen LogP contribution in [0.1, 0.15) is 30.5 Å². The Morgan fingerprint density at radius 1 is 1.22 bits per heavy atom. The molecule has 2 heterocycles. The largest absolute Gasteiger partial charge is 0.379 e. The van der Waals surface area contributed by atoms with E-state index in [0.717, 1.165) is 16.8 Å². The third-order valence-corrected chi connectivity index (χ3v) is 7.80. The van der Waals surface area contributed by atoms with Crippen LogP contribution in [0.15, 0.2) is 18.2 Å². The molecule has 2 aliphatic heterocycles. The summed E-state index contributed by atoms with van der Waals surface area (Å²) in [5.41, 5.74) is 2.62. The van der Waals surface area contributed by atoms with Gasteiger partial charge >= 0.3 is 6.03 Å². The van der Waals surface area contributed by atoms with Crippen molar-refractivity contribution in [3.8, 4) is 12.3 Å². The number of thioether (sulfide) groups is 1. The summed E-state index contributed by atoms with van der Waals surface area (Å²) in [4.78, 5) is 36.8. The van der Waals surface area contributed by atoms with Crippen LogP contribution in [0.5, 0.6) is 0 Å². The van der Waals surface area contributed by atoms with Crippen molar-refractivity contribution in [1.82, 2.24) is 16.0 Å². The quantitative estimate of drug-likeness (QED) is 0.148. The first-order chi connectivity index (χ1) is 17.9. The minimum atomic E-state index is -0.511. The molecule has 37 heavy (non-hydrogen) atoms. The van der Waals surface area contributed by atoms with Crippen molar-refractivity contribution >= 4 is 46.9 Å². The van der Waals surface area contributed by atoms with E-state index in [-0.39, 0.29) is 35.9 Å². The SMILES string of the molecule is C#CCOCCOCCOCC[C@H](SC1NC(=O)NCC1Cl)C(=O)N[C@H](C)c1ccc2c(c1)CC(=O)N2. The highest BCUT2D eigenvalue weighted by Crippen LogP contribution is 2.29. The lowest BCUT2D eigenvalue weighted by atomic mass is 10.0. The first-order valence-corrected chi connectivity index (χ1v) is 13.5. The minimum absolute atomic E-state index is 0.0393. The predicted molar refractivity (Wildman–Crippen MR) is 143 cm³/mol. The van der Waals surface area contributed by atoms with Gasteiger partial charge in [0.1, 0.15) is 6.61 Å². The maximum absolute atomic E-state index is 13.3. The summed E-state index contributed by atoms with van der Waals surface area (Å²) >= 11 is 7.70. The lowest BCUT2D eigenvalue weighted by molar-refractivity contribution is -0.121. The number of halogens is 1. The van der Waals surface area contributed by atoms with Crippen LogP contribution in [0.25, 0.3) is 0 Å². The second-order valence-electron chi connectivity index (χ2n) is 8.56. The van der Waals surface area contributed by atoms with Gasteiger partial charge in [-0.2, -0.15) is 0 Å². The van der Waals surface area contributed by atoms with E-state index in [2.05, 4.69) is 27.2 Å². The molecule has 4 amide bonds. The average Bonchev–Trinajstić information content (AvgIpc) is 3.25. The monoisotopic (exact) mass is 552 g/mol. The van der Waals surface area contributed by atoms with E-state index in [4.69, 9.17) is 32.2 Å². The molecule has 1 aromatic carbocycles. The fourth-order valence-corrected chi connectivity index (χ4v) is 5.33. The molecule has 0 saturated carbocycles. The summed E-state index contributed by atoms with van der Waals surface area (Å²) in [6, 6.07) is 5.08. The van der Waals surface area contributed by atoms with Crippen molar-refractivity contribution in [1.29, 1.82) is 0 Å². The number of fused-ring (bicyclic) bond motifs is 1.